The highest BCUT2D eigenvalue weighted by Crippen LogP contribution is 2.45. The number of likely N-dealkylation sites (tertiary alicyclic amines) is 1. The summed E-state index contributed by atoms with van der Waals surface area (Å²) < 4.78 is 28.7. The Morgan fingerprint density at radius 1 is 1.24 bits per heavy atom. The highest BCUT2D eigenvalue weighted by Gasteiger charge is 2.48. The predicted octanol–water partition coefficient (Wildman–Crippen LogP) is 2.60. The van der Waals surface area contributed by atoms with Gasteiger partial charge in [-0.25, -0.2) is 8.42 Å². The van der Waals surface area contributed by atoms with Gasteiger partial charge in [0, 0.05) is 18.5 Å². The number of carbonyl (C=O) groups is 1. The minimum absolute atomic E-state index is 0.0201. The summed E-state index contributed by atoms with van der Waals surface area (Å²) in [7, 11) is -3.29. The number of anilines is 1. The van der Waals surface area contributed by atoms with Gasteiger partial charge in [0.25, 0.3) is 0 Å². The standard InChI is InChI=1S/C24H28N4O4S/c1-23(2,33(3,30)31)21-7-5-18(16-26-21)32-13-12-28-10-8-24(9-11-28)19-14-17(15-25)4-6-20(19)27-22(24)29/h4-7,14,16H,8-13H2,1-3H3,(H,27,29). The molecule has 0 bridgehead atoms. The van der Waals surface area contributed by atoms with Crippen molar-refractivity contribution in [1.29, 1.82) is 5.26 Å². The lowest BCUT2D eigenvalue weighted by molar-refractivity contribution is -0.122. The van der Waals surface area contributed by atoms with E-state index in [1.54, 1.807) is 38.2 Å². The van der Waals surface area contributed by atoms with Crippen LogP contribution >= 0.6 is 0 Å². The van der Waals surface area contributed by atoms with Crippen molar-refractivity contribution in [2.45, 2.75) is 36.9 Å². The largest absolute Gasteiger partial charge is 0.491 e. The lowest BCUT2D eigenvalue weighted by atomic mass is 9.73. The summed E-state index contributed by atoms with van der Waals surface area (Å²) in [6, 6.07) is 11.0. The van der Waals surface area contributed by atoms with Crippen LogP contribution in [0, 0.1) is 11.3 Å². The van der Waals surface area contributed by atoms with Crippen molar-refractivity contribution in [2.24, 2.45) is 0 Å². The number of aromatic nitrogens is 1. The third kappa shape index (κ3) is 4.21. The molecule has 1 saturated heterocycles. The summed E-state index contributed by atoms with van der Waals surface area (Å²) in [5.41, 5.74) is 2.23. The zero-order valence-electron chi connectivity index (χ0n) is 19.1. The highest BCUT2D eigenvalue weighted by molar-refractivity contribution is 7.91. The number of nitrogens with zero attached hydrogens (tertiary/aromatic N) is 3. The van der Waals surface area contributed by atoms with E-state index in [1.165, 1.54) is 6.26 Å². The number of amides is 1. The van der Waals surface area contributed by atoms with Gasteiger partial charge in [0.1, 0.15) is 17.1 Å². The van der Waals surface area contributed by atoms with Gasteiger partial charge in [-0.2, -0.15) is 5.26 Å². The van der Waals surface area contributed by atoms with E-state index < -0.39 is 20.0 Å². The van der Waals surface area contributed by atoms with E-state index in [2.05, 4.69) is 21.3 Å². The number of hydrogen-bond donors (Lipinski definition) is 1. The summed E-state index contributed by atoms with van der Waals surface area (Å²) in [6.45, 7) is 5.96. The van der Waals surface area contributed by atoms with Crippen molar-refractivity contribution in [3.8, 4) is 11.8 Å². The Kier molecular flexibility index (Phi) is 5.93. The van der Waals surface area contributed by atoms with Gasteiger partial charge in [-0.15, -0.1) is 0 Å². The number of hydrogen-bond acceptors (Lipinski definition) is 7. The number of pyridine rings is 1. The van der Waals surface area contributed by atoms with Crippen molar-refractivity contribution in [3.05, 3.63) is 53.3 Å². The summed E-state index contributed by atoms with van der Waals surface area (Å²) in [5, 5.41) is 12.2. The van der Waals surface area contributed by atoms with Crippen molar-refractivity contribution < 1.29 is 17.9 Å². The van der Waals surface area contributed by atoms with Crippen LogP contribution in [0.2, 0.25) is 0 Å². The van der Waals surface area contributed by atoms with E-state index in [9.17, 15) is 18.5 Å². The Hall–Kier alpha value is -2.96. The van der Waals surface area contributed by atoms with Crippen LogP contribution in [0.1, 0.15) is 43.5 Å². The Morgan fingerprint density at radius 3 is 2.58 bits per heavy atom. The molecular formula is C24H28N4O4S. The van der Waals surface area contributed by atoms with Gasteiger partial charge in [-0.1, -0.05) is 0 Å². The smallest absolute Gasteiger partial charge is 0.235 e. The number of carbonyl (C=O) groups excluding carboxylic acids is 1. The fourth-order valence-electron chi connectivity index (χ4n) is 4.44. The van der Waals surface area contributed by atoms with Crippen molar-refractivity contribution >= 4 is 21.4 Å². The molecule has 1 spiro atoms. The van der Waals surface area contributed by atoms with Crippen LogP contribution in [-0.2, 0) is 24.8 Å². The number of sulfone groups is 1. The lowest BCUT2D eigenvalue weighted by Crippen LogP contribution is -2.47. The normalized spacial score (nSPS) is 17.9. The second-order valence-corrected chi connectivity index (χ2v) is 11.8. The van der Waals surface area contributed by atoms with Gasteiger partial charge in [-0.05, 0) is 75.7 Å². The Balaban J connectivity index is 1.32. The molecule has 4 rings (SSSR count). The Labute approximate surface area is 194 Å². The molecule has 0 atom stereocenters. The molecule has 0 aliphatic carbocycles. The van der Waals surface area contributed by atoms with E-state index in [0.29, 0.717) is 43.0 Å². The number of rotatable bonds is 6. The average molecular weight is 469 g/mol. The van der Waals surface area contributed by atoms with Gasteiger partial charge in [-0.3, -0.25) is 14.7 Å². The van der Waals surface area contributed by atoms with Crippen LogP contribution in [0.3, 0.4) is 0 Å². The van der Waals surface area contributed by atoms with Crippen LogP contribution in [0.25, 0.3) is 0 Å². The zero-order chi connectivity index (χ0) is 23.9. The molecule has 2 aromatic rings. The zero-order valence-corrected chi connectivity index (χ0v) is 19.9. The fraction of sp³-hybridized carbons (Fsp3) is 0.458. The molecule has 9 heteroatoms. The number of benzene rings is 1. The van der Waals surface area contributed by atoms with Gasteiger partial charge >= 0.3 is 0 Å². The molecule has 0 unspecified atom stereocenters. The maximum atomic E-state index is 12.8. The first-order valence-corrected chi connectivity index (χ1v) is 12.8. The Bertz CT molecular complexity index is 1210. The van der Waals surface area contributed by atoms with E-state index in [1.807, 2.05) is 12.1 Å². The molecule has 2 aliphatic rings. The van der Waals surface area contributed by atoms with Gasteiger partial charge in [0.05, 0.1) is 28.9 Å². The molecule has 0 saturated carbocycles. The van der Waals surface area contributed by atoms with Crippen molar-refractivity contribution in [1.82, 2.24) is 9.88 Å². The quantitative estimate of drug-likeness (QED) is 0.693. The molecule has 1 N–H and O–H groups in total. The first kappa shape index (κ1) is 23.2. The third-order valence-corrected chi connectivity index (χ3v) is 9.08. The third-order valence-electron chi connectivity index (χ3n) is 7.01. The highest BCUT2D eigenvalue weighted by atomic mass is 32.2. The number of ether oxygens (including phenoxy) is 1. The van der Waals surface area contributed by atoms with E-state index >= 15 is 0 Å². The molecule has 1 aromatic carbocycles. The molecule has 33 heavy (non-hydrogen) atoms. The van der Waals surface area contributed by atoms with Crippen LogP contribution in [-0.4, -0.2) is 56.7 Å². The number of nitrogens with one attached hydrogen (secondary N) is 1. The second kappa shape index (κ2) is 8.43. The average Bonchev–Trinajstić information content (AvgIpc) is 3.05. The number of nitriles is 1. The molecular weight excluding hydrogens is 440 g/mol. The van der Waals surface area contributed by atoms with E-state index in [4.69, 9.17) is 4.74 Å². The van der Waals surface area contributed by atoms with Crippen molar-refractivity contribution in [3.63, 3.8) is 0 Å². The summed E-state index contributed by atoms with van der Waals surface area (Å²) in [4.78, 5) is 19.3. The first-order valence-electron chi connectivity index (χ1n) is 10.9. The molecule has 8 nitrogen and oxygen atoms in total. The summed E-state index contributed by atoms with van der Waals surface area (Å²) in [6.07, 6.45) is 4.15. The predicted molar refractivity (Wildman–Crippen MR) is 125 cm³/mol. The number of piperidine rings is 1. The SMILES string of the molecule is CC(C)(c1ccc(OCCN2CCC3(CC2)C(=O)Nc2ccc(C#N)cc23)cn1)S(C)(=O)=O. The van der Waals surface area contributed by atoms with Gasteiger partial charge in [0.15, 0.2) is 9.84 Å². The maximum Gasteiger partial charge on any atom is 0.235 e. The molecule has 0 radical (unpaired) electrons. The molecule has 1 amide bonds. The van der Waals surface area contributed by atoms with Crippen LogP contribution < -0.4 is 10.1 Å². The van der Waals surface area contributed by atoms with E-state index in [0.717, 1.165) is 24.3 Å². The minimum Gasteiger partial charge on any atom is -0.491 e. The van der Waals surface area contributed by atoms with Gasteiger partial charge < -0.3 is 10.1 Å². The number of fused-ring (bicyclic) bond motifs is 2. The van der Waals surface area contributed by atoms with Gasteiger partial charge in [0.2, 0.25) is 5.91 Å². The molecule has 1 fully saturated rings. The van der Waals surface area contributed by atoms with Crippen LogP contribution in [0.15, 0.2) is 36.5 Å². The van der Waals surface area contributed by atoms with E-state index in [-0.39, 0.29) is 5.91 Å². The monoisotopic (exact) mass is 468 g/mol. The first-order chi connectivity index (χ1) is 15.6. The molecule has 1 aromatic heterocycles. The van der Waals surface area contributed by atoms with Crippen LogP contribution in [0.4, 0.5) is 5.69 Å². The summed E-state index contributed by atoms with van der Waals surface area (Å²) in [5.74, 6) is 0.608. The second-order valence-electron chi connectivity index (χ2n) is 9.26. The summed E-state index contributed by atoms with van der Waals surface area (Å²) >= 11 is 0. The maximum absolute atomic E-state index is 12.8. The molecule has 3 heterocycles. The van der Waals surface area contributed by atoms with Crippen LogP contribution in [0.5, 0.6) is 5.75 Å². The Morgan fingerprint density at radius 2 is 1.97 bits per heavy atom. The molecule has 174 valence electrons. The fourth-order valence-corrected chi connectivity index (χ4v) is 4.94. The van der Waals surface area contributed by atoms with Crippen molar-refractivity contribution in [2.75, 3.05) is 37.8 Å². The topological polar surface area (TPSA) is 112 Å². The minimum atomic E-state index is -3.29. The molecule has 2 aliphatic heterocycles. The lowest BCUT2D eigenvalue weighted by Gasteiger charge is -2.37.